The third-order valence-electron chi connectivity index (χ3n) is 6.28. The molecule has 2 aromatic heterocycles. The molecule has 3 rings (SSSR count). The molecule has 8 nitrogen and oxygen atoms in total. The molecule has 2 aromatic rings. The normalized spacial score (nSPS) is 18.6. The molecule has 1 fully saturated rings. The van der Waals surface area contributed by atoms with Crippen molar-refractivity contribution in [1.82, 2.24) is 20.2 Å². The molecule has 9 heteroatoms. The topological polar surface area (TPSA) is 107 Å². The van der Waals surface area contributed by atoms with Crippen molar-refractivity contribution >= 4 is 29.0 Å². The molecule has 0 unspecified atom stereocenters. The van der Waals surface area contributed by atoms with Crippen LogP contribution in [-0.4, -0.2) is 62.6 Å². The van der Waals surface area contributed by atoms with Crippen LogP contribution in [0.1, 0.15) is 79.7 Å². The zero-order valence-corrected chi connectivity index (χ0v) is 21.1. The molecule has 0 radical (unpaired) electrons. The molecule has 1 aliphatic rings. The summed E-state index contributed by atoms with van der Waals surface area (Å²) in [5.41, 5.74) is 2.03. The molecular weight excluding hydrogens is 438 g/mol. The van der Waals surface area contributed by atoms with Gasteiger partial charge in [-0.15, -0.1) is 11.3 Å². The predicted molar refractivity (Wildman–Crippen MR) is 132 cm³/mol. The van der Waals surface area contributed by atoms with Gasteiger partial charge in [-0.25, -0.2) is 9.97 Å². The second-order valence-electron chi connectivity index (χ2n) is 9.03. The number of aliphatic hydroxyl groups is 1. The van der Waals surface area contributed by atoms with Crippen molar-refractivity contribution in [2.24, 2.45) is 0 Å². The third kappa shape index (κ3) is 5.70. The highest BCUT2D eigenvalue weighted by Crippen LogP contribution is 2.35. The summed E-state index contributed by atoms with van der Waals surface area (Å²) in [6.45, 7) is 12.3. The van der Waals surface area contributed by atoms with E-state index in [0.717, 1.165) is 36.2 Å². The number of aliphatic hydroxyl groups excluding tert-OH is 1. The Balaban J connectivity index is 2.00. The van der Waals surface area contributed by atoms with Crippen LogP contribution in [0.4, 0.5) is 5.82 Å². The van der Waals surface area contributed by atoms with Crippen molar-refractivity contribution in [2.45, 2.75) is 85.0 Å². The van der Waals surface area contributed by atoms with Crippen molar-refractivity contribution in [2.75, 3.05) is 11.9 Å². The number of rotatable bonds is 8. The number of nitrogens with one attached hydrogen (secondary N) is 2. The summed E-state index contributed by atoms with van der Waals surface area (Å²) in [6, 6.07) is 1.97. The van der Waals surface area contributed by atoms with Gasteiger partial charge in [-0.3, -0.25) is 9.59 Å². The number of hydrogen-bond acceptors (Lipinski definition) is 7. The lowest BCUT2D eigenvalue weighted by molar-refractivity contribution is 0.0743. The first-order valence-electron chi connectivity index (χ1n) is 11.7. The van der Waals surface area contributed by atoms with E-state index in [1.807, 2.05) is 24.8 Å². The summed E-state index contributed by atoms with van der Waals surface area (Å²) >= 11 is 1.19. The van der Waals surface area contributed by atoms with Gasteiger partial charge in [0.1, 0.15) is 11.5 Å². The molecule has 0 aliphatic carbocycles. The number of aryl methyl sites for hydroxylation is 1. The van der Waals surface area contributed by atoms with E-state index in [4.69, 9.17) is 0 Å². The molecule has 0 aromatic carbocycles. The van der Waals surface area contributed by atoms with Crippen LogP contribution in [0.2, 0.25) is 0 Å². The second kappa shape index (κ2) is 10.6. The SMILES string of the molecule is CC[C@@H](C)Nc1cc(C)c(-c2sc(C(=O)N[C@@H](C)[C@@H](C)O)nc2C(=O)N2CCC[C@@H]2C)cn1. The molecule has 2 amide bonds. The summed E-state index contributed by atoms with van der Waals surface area (Å²) in [5.74, 6) is 0.221. The maximum absolute atomic E-state index is 13.4. The van der Waals surface area contributed by atoms with Gasteiger partial charge in [0.2, 0.25) is 0 Å². The summed E-state index contributed by atoms with van der Waals surface area (Å²) in [4.78, 5) is 37.8. The summed E-state index contributed by atoms with van der Waals surface area (Å²) in [5, 5.41) is 16.1. The summed E-state index contributed by atoms with van der Waals surface area (Å²) in [7, 11) is 0. The Morgan fingerprint density at radius 3 is 2.64 bits per heavy atom. The van der Waals surface area contributed by atoms with Crippen LogP contribution in [0.25, 0.3) is 10.4 Å². The molecule has 4 atom stereocenters. The van der Waals surface area contributed by atoms with Crippen molar-refractivity contribution in [3.05, 3.63) is 28.5 Å². The quantitative estimate of drug-likeness (QED) is 0.538. The smallest absolute Gasteiger partial charge is 0.280 e. The fourth-order valence-electron chi connectivity index (χ4n) is 3.73. The van der Waals surface area contributed by atoms with E-state index in [1.165, 1.54) is 11.3 Å². The molecule has 0 bridgehead atoms. The van der Waals surface area contributed by atoms with Gasteiger partial charge >= 0.3 is 0 Å². The van der Waals surface area contributed by atoms with E-state index in [0.29, 0.717) is 17.5 Å². The van der Waals surface area contributed by atoms with Gasteiger partial charge in [-0.2, -0.15) is 0 Å². The molecular formula is C24H35N5O3S. The molecule has 33 heavy (non-hydrogen) atoms. The first-order valence-corrected chi connectivity index (χ1v) is 12.5. The number of carbonyl (C=O) groups excluding carboxylic acids is 2. The fourth-order valence-corrected chi connectivity index (χ4v) is 4.77. The first-order chi connectivity index (χ1) is 15.6. The van der Waals surface area contributed by atoms with Gasteiger partial charge in [-0.1, -0.05) is 6.92 Å². The molecule has 0 spiro atoms. The Morgan fingerprint density at radius 2 is 2.06 bits per heavy atom. The standard InChI is InChI=1S/C24H35N5O3S/c1-7-14(3)26-19-11-13(2)18(12-25-19)21-20(24(32)29-10-8-9-15(29)4)28-23(33-21)22(31)27-16(5)17(6)30/h11-12,14-17,30H,7-10H2,1-6H3,(H,25,26)(H,27,31)/t14-,15+,16+,17-/m1/s1. The lowest BCUT2D eigenvalue weighted by Crippen LogP contribution is -2.39. The van der Waals surface area contributed by atoms with E-state index < -0.39 is 18.1 Å². The third-order valence-corrected chi connectivity index (χ3v) is 7.37. The van der Waals surface area contributed by atoms with Crippen LogP contribution < -0.4 is 10.6 Å². The minimum Gasteiger partial charge on any atom is -0.391 e. The number of likely N-dealkylation sites (tertiary alicyclic amines) is 1. The summed E-state index contributed by atoms with van der Waals surface area (Å²) in [6.07, 6.45) is 3.95. The highest BCUT2D eigenvalue weighted by molar-refractivity contribution is 7.17. The number of nitrogens with zero attached hydrogens (tertiary/aromatic N) is 3. The number of carbonyl (C=O) groups is 2. The van der Waals surface area contributed by atoms with Crippen LogP contribution in [-0.2, 0) is 0 Å². The monoisotopic (exact) mass is 473 g/mol. The van der Waals surface area contributed by atoms with Crippen molar-refractivity contribution in [3.63, 3.8) is 0 Å². The predicted octanol–water partition coefficient (Wildman–Crippen LogP) is 3.85. The Kier molecular flexibility index (Phi) is 8.07. The van der Waals surface area contributed by atoms with E-state index in [9.17, 15) is 14.7 Å². The Morgan fingerprint density at radius 1 is 1.33 bits per heavy atom. The number of thiazole rings is 1. The van der Waals surface area contributed by atoms with Crippen LogP contribution in [0.15, 0.2) is 12.3 Å². The highest BCUT2D eigenvalue weighted by Gasteiger charge is 2.32. The number of pyridine rings is 1. The minimum absolute atomic E-state index is 0.140. The van der Waals surface area contributed by atoms with E-state index in [2.05, 4.69) is 34.4 Å². The van der Waals surface area contributed by atoms with Gasteiger partial charge in [-0.05, 0) is 65.5 Å². The Labute approximate surface area is 199 Å². The maximum Gasteiger partial charge on any atom is 0.280 e. The van der Waals surface area contributed by atoms with E-state index >= 15 is 0 Å². The van der Waals surface area contributed by atoms with Crippen LogP contribution in [0.5, 0.6) is 0 Å². The summed E-state index contributed by atoms with van der Waals surface area (Å²) < 4.78 is 0. The minimum atomic E-state index is -0.697. The molecule has 180 valence electrons. The van der Waals surface area contributed by atoms with Gasteiger partial charge in [0, 0.05) is 30.4 Å². The van der Waals surface area contributed by atoms with Gasteiger partial charge in [0.25, 0.3) is 11.8 Å². The molecule has 3 heterocycles. The molecule has 3 N–H and O–H groups in total. The van der Waals surface area contributed by atoms with Crippen LogP contribution in [0.3, 0.4) is 0 Å². The zero-order chi connectivity index (χ0) is 24.3. The van der Waals surface area contributed by atoms with Crippen molar-refractivity contribution < 1.29 is 14.7 Å². The number of aromatic nitrogens is 2. The second-order valence-corrected chi connectivity index (χ2v) is 10.0. The van der Waals surface area contributed by atoms with Crippen molar-refractivity contribution in [3.8, 4) is 10.4 Å². The van der Waals surface area contributed by atoms with Crippen LogP contribution in [0, 0.1) is 6.92 Å². The van der Waals surface area contributed by atoms with Crippen LogP contribution >= 0.6 is 11.3 Å². The average molecular weight is 474 g/mol. The van der Waals surface area contributed by atoms with Gasteiger partial charge in [0.05, 0.1) is 17.0 Å². The van der Waals surface area contributed by atoms with Gasteiger partial charge in [0.15, 0.2) is 5.01 Å². The van der Waals surface area contributed by atoms with E-state index in [1.54, 1.807) is 20.0 Å². The lowest BCUT2D eigenvalue weighted by atomic mass is 10.1. The van der Waals surface area contributed by atoms with Gasteiger partial charge < -0.3 is 20.6 Å². The number of anilines is 1. The average Bonchev–Trinajstić information content (AvgIpc) is 3.39. The fraction of sp³-hybridized carbons (Fsp3) is 0.583. The Hall–Kier alpha value is -2.52. The first kappa shape index (κ1) is 25.1. The highest BCUT2D eigenvalue weighted by atomic mass is 32.1. The van der Waals surface area contributed by atoms with Crippen molar-refractivity contribution in [1.29, 1.82) is 0 Å². The largest absolute Gasteiger partial charge is 0.391 e. The lowest BCUT2D eigenvalue weighted by Gasteiger charge is -2.21. The number of amides is 2. The molecule has 1 saturated heterocycles. The maximum atomic E-state index is 13.4. The Bertz CT molecular complexity index is 1010. The zero-order valence-electron chi connectivity index (χ0n) is 20.3. The molecule has 0 saturated carbocycles. The number of hydrogen-bond donors (Lipinski definition) is 3. The van der Waals surface area contributed by atoms with E-state index in [-0.39, 0.29) is 22.7 Å². The molecule has 1 aliphatic heterocycles.